The summed E-state index contributed by atoms with van der Waals surface area (Å²) in [5, 5.41) is 2.52. The Morgan fingerprint density at radius 3 is 2.50 bits per heavy atom. The van der Waals surface area contributed by atoms with Gasteiger partial charge in [0, 0.05) is 0 Å². The van der Waals surface area contributed by atoms with E-state index in [1.807, 2.05) is 0 Å². The van der Waals surface area contributed by atoms with Crippen LogP contribution in [0.1, 0.15) is 33.6 Å². The van der Waals surface area contributed by atoms with Crippen LogP contribution in [0.15, 0.2) is 0 Å². The van der Waals surface area contributed by atoms with E-state index in [1.54, 1.807) is 0 Å². The Morgan fingerprint density at radius 2 is 2.17 bits per heavy atom. The number of rotatable bonds is 6. The van der Waals surface area contributed by atoms with Gasteiger partial charge in [0.2, 0.25) is 6.41 Å². The van der Waals surface area contributed by atoms with Gasteiger partial charge in [-0.1, -0.05) is 20.3 Å². The number of hydrogen-bond acceptors (Lipinski definition) is 2. The largest absolute Gasteiger partial charge is 0.349 e. The summed E-state index contributed by atoms with van der Waals surface area (Å²) in [4.78, 5) is 21.1. The highest BCUT2D eigenvalue weighted by atomic mass is 16.1. The van der Waals surface area contributed by atoms with E-state index in [4.69, 9.17) is 0 Å². The fourth-order valence-corrected chi connectivity index (χ4v) is 1.00. The van der Waals surface area contributed by atoms with E-state index in [-0.39, 0.29) is 11.8 Å². The highest BCUT2D eigenvalue weighted by molar-refractivity contribution is 5.83. The van der Waals surface area contributed by atoms with Gasteiger partial charge in [0.15, 0.2) is 5.78 Å². The Kier molecular flexibility index (Phi) is 5.34. The van der Waals surface area contributed by atoms with Crippen molar-refractivity contribution in [1.29, 1.82) is 0 Å². The van der Waals surface area contributed by atoms with Crippen molar-refractivity contribution in [3.63, 3.8) is 0 Å². The molecule has 0 aliphatic carbocycles. The first-order chi connectivity index (χ1) is 5.61. The van der Waals surface area contributed by atoms with E-state index in [0.717, 1.165) is 12.8 Å². The predicted molar refractivity (Wildman–Crippen MR) is 47.7 cm³/mol. The standard InChI is InChI=1S/C9H17NO2/c1-4-7(2)5-9(8(3)12)10-6-11/h6-7,9H,4-5H2,1-3H3,(H,10,11). The number of Topliss-reactive ketones (excluding diaryl/α,β-unsaturated/α-hetero) is 1. The van der Waals surface area contributed by atoms with Crippen molar-refractivity contribution in [2.75, 3.05) is 0 Å². The average Bonchev–Trinajstić information content (AvgIpc) is 2.03. The molecule has 0 fully saturated rings. The summed E-state index contributed by atoms with van der Waals surface area (Å²) in [6.07, 6.45) is 2.36. The van der Waals surface area contributed by atoms with Gasteiger partial charge in [-0.2, -0.15) is 0 Å². The minimum atomic E-state index is -0.294. The van der Waals surface area contributed by atoms with E-state index in [1.165, 1.54) is 6.92 Å². The van der Waals surface area contributed by atoms with Gasteiger partial charge in [-0.05, 0) is 19.3 Å². The lowest BCUT2D eigenvalue weighted by atomic mass is 9.97. The van der Waals surface area contributed by atoms with Crippen LogP contribution >= 0.6 is 0 Å². The first-order valence-corrected chi connectivity index (χ1v) is 4.32. The smallest absolute Gasteiger partial charge is 0.207 e. The van der Waals surface area contributed by atoms with Crippen LogP contribution in [0.3, 0.4) is 0 Å². The third kappa shape index (κ3) is 4.11. The second-order valence-corrected chi connectivity index (χ2v) is 3.20. The Hall–Kier alpha value is -0.860. The Labute approximate surface area is 73.5 Å². The van der Waals surface area contributed by atoms with Crippen LogP contribution in [0.25, 0.3) is 0 Å². The maximum atomic E-state index is 11.0. The molecule has 2 atom stereocenters. The van der Waals surface area contributed by atoms with Gasteiger partial charge in [0.05, 0.1) is 6.04 Å². The van der Waals surface area contributed by atoms with Crippen molar-refractivity contribution >= 4 is 12.2 Å². The SMILES string of the molecule is CCC(C)CC(NC=O)C(C)=O. The predicted octanol–water partition coefficient (Wildman–Crippen LogP) is 1.13. The highest BCUT2D eigenvalue weighted by Crippen LogP contribution is 2.09. The molecule has 70 valence electrons. The molecule has 0 rings (SSSR count). The molecular formula is C9H17NO2. The van der Waals surface area contributed by atoms with Gasteiger partial charge >= 0.3 is 0 Å². The van der Waals surface area contributed by atoms with E-state index < -0.39 is 0 Å². The first-order valence-electron chi connectivity index (χ1n) is 4.32. The lowest BCUT2D eigenvalue weighted by Crippen LogP contribution is -2.35. The number of ketones is 1. The van der Waals surface area contributed by atoms with Gasteiger partial charge in [0.1, 0.15) is 0 Å². The van der Waals surface area contributed by atoms with Gasteiger partial charge in [0.25, 0.3) is 0 Å². The lowest BCUT2D eigenvalue weighted by Gasteiger charge is -2.16. The highest BCUT2D eigenvalue weighted by Gasteiger charge is 2.15. The minimum absolute atomic E-state index is 0.0300. The second kappa shape index (κ2) is 5.75. The van der Waals surface area contributed by atoms with Crippen LogP contribution in [0.4, 0.5) is 0 Å². The molecule has 0 aromatic heterocycles. The summed E-state index contributed by atoms with van der Waals surface area (Å²) in [5.41, 5.74) is 0. The molecule has 0 aliphatic rings. The van der Waals surface area contributed by atoms with Crippen molar-refractivity contribution < 1.29 is 9.59 Å². The molecule has 0 heterocycles. The van der Waals surface area contributed by atoms with Crippen molar-refractivity contribution in [3.8, 4) is 0 Å². The zero-order valence-corrected chi connectivity index (χ0v) is 7.96. The normalized spacial score (nSPS) is 14.9. The number of amides is 1. The Morgan fingerprint density at radius 1 is 1.58 bits per heavy atom. The first kappa shape index (κ1) is 11.1. The van der Waals surface area contributed by atoms with Crippen LogP contribution in [-0.4, -0.2) is 18.2 Å². The summed E-state index contributed by atoms with van der Waals surface area (Å²) >= 11 is 0. The zero-order valence-electron chi connectivity index (χ0n) is 7.96. The van der Waals surface area contributed by atoms with Crippen LogP contribution in [0, 0.1) is 5.92 Å². The van der Waals surface area contributed by atoms with Crippen LogP contribution < -0.4 is 5.32 Å². The van der Waals surface area contributed by atoms with Crippen LogP contribution in [-0.2, 0) is 9.59 Å². The molecular weight excluding hydrogens is 154 g/mol. The quantitative estimate of drug-likeness (QED) is 0.609. The summed E-state index contributed by atoms with van der Waals surface area (Å²) in [7, 11) is 0. The fourth-order valence-electron chi connectivity index (χ4n) is 1.00. The van der Waals surface area contributed by atoms with E-state index in [2.05, 4.69) is 19.2 Å². The molecule has 3 nitrogen and oxygen atoms in total. The molecule has 1 amide bonds. The maximum absolute atomic E-state index is 11.0. The molecule has 1 N–H and O–H groups in total. The molecule has 0 spiro atoms. The van der Waals surface area contributed by atoms with Crippen molar-refractivity contribution in [1.82, 2.24) is 5.32 Å². The Balaban J connectivity index is 3.94. The van der Waals surface area contributed by atoms with E-state index >= 15 is 0 Å². The molecule has 0 radical (unpaired) electrons. The molecule has 0 aliphatic heterocycles. The fraction of sp³-hybridized carbons (Fsp3) is 0.778. The minimum Gasteiger partial charge on any atom is -0.349 e. The zero-order chi connectivity index (χ0) is 9.56. The van der Waals surface area contributed by atoms with Gasteiger partial charge in [-0.3, -0.25) is 9.59 Å². The average molecular weight is 171 g/mol. The molecule has 3 heteroatoms. The second-order valence-electron chi connectivity index (χ2n) is 3.20. The Bertz CT molecular complexity index is 157. The number of hydrogen-bond donors (Lipinski definition) is 1. The van der Waals surface area contributed by atoms with Gasteiger partial charge in [-0.15, -0.1) is 0 Å². The number of carbonyl (C=O) groups is 2. The maximum Gasteiger partial charge on any atom is 0.207 e. The van der Waals surface area contributed by atoms with Crippen molar-refractivity contribution in [2.24, 2.45) is 5.92 Å². The van der Waals surface area contributed by atoms with E-state index in [0.29, 0.717) is 12.3 Å². The summed E-state index contributed by atoms with van der Waals surface area (Å²) in [6, 6.07) is -0.294. The molecule has 0 bridgehead atoms. The monoisotopic (exact) mass is 171 g/mol. The topological polar surface area (TPSA) is 46.2 Å². The number of nitrogens with one attached hydrogen (secondary N) is 1. The molecule has 12 heavy (non-hydrogen) atoms. The number of carbonyl (C=O) groups excluding carboxylic acids is 2. The van der Waals surface area contributed by atoms with E-state index in [9.17, 15) is 9.59 Å². The van der Waals surface area contributed by atoms with Gasteiger partial charge in [-0.25, -0.2) is 0 Å². The van der Waals surface area contributed by atoms with Gasteiger partial charge < -0.3 is 5.32 Å². The van der Waals surface area contributed by atoms with Crippen molar-refractivity contribution in [2.45, 2.75) is 39.7 Å². The third-order valence-electron chi connectivity index (χ3n) is 2.09. The molecule has 0 aromatic rings. The van der Waals surface area contributed by atoms with Crippen molar-refractivity contribution in [3.05, 3.63) is 0 Å². The van der Waals surface area contributed by atoms with Crippen LogP contribution in [0.5, 0.6) is 0 Å². The summed E-state index contributed by atoms with van der Waals surface area (Å²) < 4.78 is 0. The third-order valence-corrected chi connectivity index (χ3v) is 2.09. The summed E-state index contributed by atoms with van der Waals surface area (Å²) in [6.45, 7) is 5.65. The summed E-state index contributed by atoms with van der Waals surface area (Å²) in [5.74, 6) is 0.508. The van der Waals surface area contributed by atoms with Crippen LogP contribution in [0.2, 0.25) is 0 Å². The molecule has 0 saturated heterocycles. The lowest BCUT2D eigenvalue weighted by molar-refractivity contribution is -0.122. The molecule has 0 aromatic carbocycles. The molecule has 2 unspecified atom stereocenters. The molecule has 0 saturated carbocycles.